The number of imidazole rings is 1. The molecule has 0 saturated heterocycles. The Labute approximate surface area is 234 Å². The van der Waals surface area contributed by atoms with Gasteiger partial charge in [0.25, 0.3) is 0 Å². The van der Waals surface area contributed by atoms with E-state index in [2.05, 4.69) is 106 Å². The zero-order valence-corrected chi connectivity index (χ0v) is 25.3. The summed E-state index contributed by atoms with van der Waals surface area (Å²) in [5.74, 6) is 0. The molecule has 0 N–H and O–H groups in total. The number of rotatable bonds is 5. The molecule has 0 aliphatic rings. The van der Waals surface area contributed by atoms with Gasteiger partial charge in [0, 0.05) is 33.7 Å². The van der Waals surface area contributed by atoms with Crippen LogP contribution in [0.4, 0.5) is 3.89 Å². The Kier molecular flexibility index (Phi) is 13.4. The highest BCUT2D eigenvalue weighted by atomic mass is 32.2. The van der Waals surface area contributed by atoms with Crippen LogP contribution in [0.5, 0.6) is 0 Å². The first-order valence-electron chi connectivity index (χ1n) is 14.1. The van der Waals surface area contributed by atoms with Gasteiger partial charge in [-0.05, 0) is 42.8 Å². The minimum atomic E-state index is 0.199. The second-order valence-corrected chi connectivity index (χ2v) is 10.3. The molecule has 4 heteroatoms. The molecule has 38 heavy (non-hydrogen) atoms. The maximum atomic E-state index is 11.5. The van der Waals surface area contributed by atoms with Gasteiger partial charge in [0.2, 0.25) is 0 Å². The summed E-state index contributed by atoms with van der Waals surface area (Å²) in [5.41, 5.74) is 7.21. The fourth-order valence-corrected chi connectivity index (χ4v) is 4.77. The molecule has 1 unspecified atom stereocenters. The minimum absolute atomic E-state index is 0.199. The van der Waals surface area contributed by atoms with Crippen molar-refractivity contribution in [2.45, 2.75) is 86.3 Å². The first-order chi connectivity index (χ1) is 18.5. The molecule has 2 nitrogen and oxygen atoms in total. The summed E-state index contributed by atoms with van der Waals surface area (Å²) in [6.07, 6.45) is 6.72. The third kappa shape index (κ3) is 7.38. The van der Waals surface area contributed by atoms with Gasteiger partial charge in [-0.3, -0.25) is 4.40 Å². The molecule has 204 valence electrons. The van der Waals surface area contributed by atoms with Gasteiger partial charge < -0.3 is 0 Å². The number of benzene rings is 3. The second-order valence-electron chi connectivity index (χ2n) is 9.32. The summed E-state index contributed by atoms with van der Waals surface area (Å²) < 4.78 is 13.8. The number of unbranched alkanes of at least 4 members (excludes halogenated alkanes) is 1. The number of pyridine rings is 1. The molecule has 0 bridgehead atoms. The normalized spacial score (nSPS) is 11.2. The Morgan fingerprint density at radius 2 is 1.32 bits per heavy atom. The third-order valence-corrected chi connectivity index (χ3v) is 6.99. The number of hydrogen-bond acceptors (Lipinski definition) is 2. The van der Waals surface area contributed by atoms with Crippen LogP contribution in [0.15, 0.2) is 72.9 Å². The summed E-state index contributed by atoms with van der Waals surface area (Å²) in [6.45, 7) is 16.7. The van der Waals surface area contributed by atoms with Crippen LogP contribution in [-0.4, -0.2) is 14.6 Å². The van der Waals surface area contributed by atoms with Crippen molar-refractivity contribution < 1.29 is 3.89 Å². The van der Waals surface area contributed by atoms with Crippen molar-refractivity contribution in [2.24, 2.45) is 0 Å². The Morgan fingerprint density at radius 3 is 1.84 bits per heavy atom. The van der Waals surface area contributed by atoms with E-state index < -0.39 is 0 Å². The fourth-order valence-electron chi connectivity index (χ4n) is 4.44. The van der Waals surface area contributed by atoms with Crippen LogP contribution in [0.1, 0.15) is 78.4 Å². The number of para-hydroxylation sites is 1. The number of fused-ring (bicyclic) bond motifs is 6. The van der Waals surface area contributed by atoms with Crippen LogP contribution in [0.3, 0.4) is 0 Å². The smallest absolute Gasteiger partial charge is 0.145 e. The van der Waals surface area contributed by atoms with Crippen LogP contribution >= 0.6 is 12.1 Å². The zero-order chi connectivity index (χ0) is 28.1. The van der Waals surface area contributed by atoms with Crippen LogP contribution < -0.4 is 0 Å². The Bertz CT molecular complexity index is 1380. The predicted octanol–water partition coefficient (Wildman–Crippen LogP) is 11.5. The third-order valence-electron chi connectivity index (χ3n) is 6.45. The van der Waals surface area contributed by atoms with E-state index >= 15 is 0 Å². The van der Waals surface area contributed by atoms with Gasteiger partial charge in [-0.25, -0.2) is 4.98 Å². The molecule has 5 rings (SSSR count). The SMILES string of the molecule is CC.CCCC.CCCC(C)SF.Cc1cccc(C)c1-c1cnc2c3ccccc3c3ccccc3n12. The van der Waals surface area contributed by atoms with E-state index in [0.717, 1.165) is 24.2 Å². The lowest BCUT2D eigenvalue weighted by molar-refractivity contribution is 0.765. The van der Waals surface area contributed by atoms with Gasteiger partial charge in [-0.15, -0.1) is 0 Å². The Morgan fingerprint density at radius 1 is 0.763 bits per heavy atom. The lowest BCUT2D eigenvalue weighted by Gasteiger charge is -2.13. The molecule has 0 spiro atoms. The van der Waals surface area contributed by atoms with Crippen molar-refractivity contribution in [3.05, 3.63) is 84.1 Å². The number of halogens is 1. The summed E-state index contributed by atoms with van der Waals surface area (Å²) in [6, 6.07) is 23.6. The van der Waals surface area contributed by atoms with Crippen LogP contribution in [0.2, 0.25) is 0 Å². The largest absolute Gasteiger partial charge is 0.292 e. The van der Waals surface area contributed by atoms with Gasteiger partial charge in [0.1, 0.15) is 5.65 Å². The Hall–Kier alpha value is -2.85. The standard InChI is InChI=1S/C23H18N2.C5H11FS.C4H10.C2H6/c1-15-8-7-9-16(2)22(15)21-14-24-23-19-12-4-3-10-17(19)18-11-5-6-13-20(18)25(21)23;1-3-4-5(2)7-6;1-3-4-2;1-2/h3-14H,1-2H3;5H,3-4H2,1-2H3;3-4H2,1-2H3;1-2H3. The van der Waals surface area contributed by atoms with Gasteiger partial charge in [0.05, 0.1) is 17.4 Å². The van der Waals surface area contributed by atoms with E-state index in [9.17, 15) is 3.89 Å². The molecule has 0 fully saturated rings. The molecule has 2 heterocycles. The average molecular weight is 533 g/mol. The number of hydrogen-bond donors (Lipinski definition) is 0. The second kappa shape index (κ2) is 16.2. The minimum Gasteiger partial charge on any atom is -0.292 e. The molecule has 0 aliphatic carbocycles. The van der Waals surface area contributed by atoms with E-state index in [1.165, 1.54) is 51.2 Å². The van der Waals surface area contributed by atoms with E-state index in [4.69, 9.17) is 4.98 Å². The van der Waals surface area contributed by atoms with Gasteiger partial charge >= 0.3 is 0 Å². The first-order valence-corrected chi connectivity index (χ1v) is 14.9. The number of nitrogens with zero attached hydrogens (tertiary/aromatic N) is 2. The van der Waals surface area contributed by atoms with Gasteiger partial charge in [0.15, 0.2) is 0 Å². The molecule has 5 aromatic rings. The van der Waals surface area contributed by atoms with Crippen LogP contribution in [-0.2, 0) is 0 Å². The molecule has 2 aromatic heterocycles. The number of aryl methyl sites for hydroxylation is 2. The highest BCUT2D eigenvalue weighted by Gasteiger charge is 2.16. The Balaban J connectivity index is 0.000000330. The quantitative estimate of drug-likeness (QED) is 0.209. The monoisotopic (exact) mass is 532 g/mol. The summed E-state index contributed by atoms with van der Waals surface area (Å²) in [4.78, 5) is 4.82. The molecular weight excluding hydrogens is 487 g/mol. The van der Waals surface area contributed by atoms with E-state index in [0.29, 0.717) is 12.1 Å². The highest BCUT2D eigenvalue weighted by molar-refractivity contribution is 7.94. The maximum absolute atomic E-state index is 11.5. The molecule has 3 aromatic carbocycles. The van der Waals surface area contributed by atoms with Crippen LogP contribution in [0.25, 0.3) is 38.6 Å². The fraction of sp³-hybridized carbons (Fsp3) is 0.382. The van der Waals surface area contributed by atoms with Gasteiger partial charge in [-0.1, -0.05) is 121 Å². The zero-order valence-electron chi connectivity index (χ0n) is 24.5. The van der Waals surface area contributed by atoms with Crippen molar-refractivity contribution in [2.75, 3.05) is 0 Å². The molecule has 0 aliphatic heterocycles. The summed E-state index contributed by atoms with van der Waals surface area (Å²) in [5, 5.41) is 3.91. The van der Waals surface area contributed by atoms with Crippen molar-refractivity contribution in [1.82, 2.24) is 9.38 Å². The topological polar surface area (TPSA) is 17.3 Å². The summed E-state index contributed by atoms with van der Waals surface area (Å²) in [7, 11) is 0. The first kappa shape index (κ1) is 31.4. The van der Waals surface area contributed by atoms with Crippen molar-refractivity contribution in [3.8, 4) is 11.3 Å². The van der Waals surface area contributed by atoms with Crippen LogP contribution in [0, 0.1) is 13.8 Å². The van der Waals surface area contributed by atoms with Gasteiger partial charge in [-0.2, -0.15) is 3.89 Å². The van der Waals surface area contributed by atoms with Crippen molar-refractivity contribution >= 4 is 39.5 Å². The molecular formula is C34H45FN2S. The lowest BCUT2D eigenvalue weighted by Crippen LogP contribution is -1.96. The summed E-state index contributed by atoms with van der Waals surface area (Å²) >= 11 is 0.449. The lowest BCUT2D eigenvalue weighted by atomic mass is 10.00. The van der Waals surface area contributed by atoms with E-state index in [-0.39, 0.29) is 5.25 Å². The predicted molar refractivity (Wildman–Crippen MR) is 170 cm³/mol. The highest BCUT2D eigenvalue weighted by Crippen LogP contribution is 2.34. The van der Waals surface area contributed by atoms with Crippen molar-refractivity contribution in [1.29, 1.82) is 0 Å². The molecule has 1 atom stereocenters. The molecule has 0 saturated carbocycles. The molecule has 0 amide bonds. The van der Waals surface area contributed by atoms with E-state index in [1.807, 2.05) is 27.0 Å². The van der Waals surface area contributed by atoms with E-state index in [1.54, 1.807) is 0 Å². The number of aromatic nitrogens is 2. The van der Waals surface area contributed by atoms with Crippen molar-refractivity contribution in [3.63, 3.8) is 0 Å². The maximum Gasteiger partial charge on any atom is 0.145 e. The average Bonchev–Trinajstić information content (AvgIpc) is 3.40. The molecule has 0 radical (unpaired) electrons.